The fourth-order valence-electron chi connectivity index (χ4n) is 1.08. The van der Waals surface area contributed by atoms with Crippen LogP contribution in [0, 0.1) is 0 Å². The molecule has 1 aliphatic rings. The predicted molar refractivity (Wildman–Crippen MR) is 42.7 cm³/mol. The maximum atomic E-state index is 5.39. The van der Waals surface area contributed by atoms with Gasteiger partial charge in [-0.05, 0) is 30.9 Å². The van der Waals surface area contributed by atoms with Crippen molar-refractivity contribution in [3.8, 4) is 0 Å². The molecule has 0 bridgehead atoms. The molecule has 0 spiro atoms. The van der Waals surface area contributed by atoms with E-state index >= 15 is 0 Å². The van der Waals surface area contributed by atoms with Gasteiger partial charge in [-0.15, -0.1) is 0 Å². The largest absolute Gasteiger partial charge is 0.494 e. The fourth-order valence-corrected chi connectivity index (χ4v) is 1.08. The van der Waals surface area contributed by atoms with E-state index < -0.39 is 0 Å². The highest BCUT2D eigenvalue weighted by atomic mass is 16.5. The molecule has 0 N–H and O–H groups in total. The van der Waals surface area contributed by atoms with Gasteiger partial charge in [0.05, 0.1) is 6.61 Å². The van der Waals surface area contributed by atoms with Gasteiger partial charge in [-0.25, -0.2) is 0 Å². The lowest BCUT2D eigenvalue weighted by molar-refractivity contribution is 0.193. The molecule has 0 aliphatic carbocycles. The lowest BCUT2D eigenvalue weighted by atomic mass is 10.1. The van der Waals surface area contributed by atoms with Crippen molar-refractivity contribution in [2.24, 2.45) is 0 Å². The Labute approximate surface area is 62.4 Å². The van der Waals surface area contributed by atoms with E-state index in [4.69, 9.17) is 4.74 Å². The van der Waals surface area contributed by atoms with Gasteiger partial charge >= 0.3 is 0 Å². The van der Waals surface area contributed by atoms with Gasteiger partial charge < -0.3 is 4.74 Å². The second-order valence-electron chi connectivity index (χ2n) is 2.53. The van der Waals surface area contributed by atoms with Crippen molar-refractivity contribution >= 4 is 0 Å². The lowest BCUT2D eigenvalue weighted by Gasteiger charge is -2.18. The van der Waals surface area contributed by atoms with E-state index in [2.05, 4.69) is 19.6 Å². The summed E-state index contributed by atoms with van der Waals surface area (Å²) in [5, 5.41) is 0. The van der Waals surface area contributed by atoms with E-state index in [-0.39, 0.29) is 0 Å². The third kappa shape index (κ3) is 1.63. The first-order valence-electron chi connectivity index (χ1n) is 3.85. The first-order chi connectivity index (χ1) is 4.84. The monoisotopic (exact) mass is 138 g/mol. The summed E-state index contributed by atoms with van der Waals surface area (Å²) in [6, 6.07) is 0. The van der Waals surface area contributed by atoms with Crippen LogP contribution in [0.3, 0.4) is 0 Å². The lowest BCUT2D eigenvalue weighted by Crippen LogP contribution is -2.05. The number of hydrogen-bond acceptors (Lipinski definition) is 1. The Hall–Kier alpha value is -0.720. The number of hydrogen-bond donors (Lipinski definition) is 0. The minimum absolute atomic E-state index is 0.866. The van der Waals surface area contributed by atoms with Crippen LogP contribution in [0.15, 0.2) is 24.0 Å². The Balaban J connectivity index is 2.56. The second-order valence-corrected chi connectivity index (χ2v) is 2.53. The van der Waals surface area contributed by atoms with E-state index in [1.54, 1.807) is 0 Å². The van der Waals surface area contributed by atoms with Gasteiger partial charge in [-0.1, -0.05) is 13.5 Å². The summed E-state index contributed by atoms with van der Waals surface area (Å²) in [6.07, 6.45) is 5.36. The summed E-state index contributed by atoms with van der Waals surface area (Å²) in [6.45, 7) is 6.90. The van der Waals surface area contributed by atoms with Gasteiger partial charge in [0, 0.05) is 0 Å². The van der Waals surface area contributed by atoms with Crippen LogP contribution in [-0.2, 0) is 4.74 Å². The van der Waals surface area contributed by atoms with Crippen LogP contribution in [0.25, 0.3) is 0 Å². The van der Waals surface area contributed by atoms with E-state index in [1.165, 1.54) is 0 Å². The molecule has 0 unspecified atom stereocenters. The molecule has 1 aliphatic heterocycles. The Bertz CT molecular complexity index is 156. The van der Waals surface area contributed by atoms with E-state index in [0.29, 0.717) is 0 Å². The van der Waals surface area contributed by atoms with E-state index in [1.807, 2.05) is 0 Å². The molecule has 1 heteroatoms. The number of allylic oxidation sites excluding steroid dienone is 2. The first kappa shape index (κ1) is 7.39. The fraction of sp³-hybridized carbons (Fsp3) is 0.556. The normalized spacial score (nSPS) is 22.9. The summed E-state index contributed by atoms with van der Waals surface area (Å²) < 4.78 is 5.39. The Morgan fingerprint density at radius 1 is 1.70 bits per heavy atom. The summed E-state index contributed by atoms with van der Waals surface area (Å²) in [7, 11) is 0. The molecule has 1 heterocycles. The average molecular weight is 138 g/mol. The third-order valence-corrected chi connectivity index (χ3v) is 1.62. The molecule has 56 valence electrons. The third-order valence-electron chi connectivity index (χ3n) is 1.62. The Morgan fingerprint density at radius 2 is 2.50 bits per heavy atom. The molecular formula is C9H14O. The van der Waals surface area contributed by atoms with Crippen molar-refractivity contribution < 1.29 is 4.74 Å². The molecule has 1 fully saturated rings. The summed E-state index contributed by atoms with van der Waals surface area (Å²) in [5.41, 5.74) is 1.16. The standard InChI is InChI=1S/C9H14O/c1-3-5-9-8(2)6-4-7-10-9/h5H,2-4,6-7H2,1H3/b9-5+. The number of ether oxygens (including phenoxy) is 1. The molecule has 0 aromatic carbocycles. The maximum absolute atomic E-state index is 5.39. The predicted octanol–water partition coefficient (Wildman–Crippen LogP) is 2.65. The van der Waals surface area contributed by atoms with Crippen molar-refractivity contribution in [3.05, 3.63) is 24.0 Å². The van der Waals surface area contributed by atoms with Gasteiger partial charge in [0.1, 0.15) is 5.76 Å². The SMILES string of the molecule is C=C1CCCO/C1=C/CC. The minimum Gasteiger partial charge on any atom is -0.494 e. The van der Waals surface area contributed by atoms with Crippen LogP contribution >= 0.6 is 0 Å². The topological polar surface area (TPSA) is 9.23 Å². The van der Waals surface area contributed by atoms with Gasteiger partial charge in [0.2, 0.25) is 0 Å². The van der Waals surface area contributed by atoms with Gasteiger partial charge in [0.25, 0.3) is 0 Å². The van der Waals surface area contributed by atoms with Crippen molar-refractivity contribution in [2.45, 2.75) is 26.2 Å². The van der Waals surface area contributed by atoms with Gasteiger partial charge in [-0.2, -0.15) is 0 Å². The molecule has 0 radical (unpaired) electrons. The van der Waals surface area contributed by atoms with E-state index in [0.717, 1.165) is 37.2 Å². The second kappa shape index (κ2) is 3.45. The first-order valence-corrected chi connectivity index (χ1v) is 3.85. The quantitative estimate of drug-likeness (QED) is 0.541. The molecule has 10 heavy (non-hydrogen) atoms. The van der Waals surface area contributed by atoms with Crippen molar-refractivity contribution in [1.29, 1.82) is 0 Å². The highest BCUT2D eigenvalue weighted by molar-refractivity contribution is 5.23. The van der Waals surface area contributed by atoms with Crippen LogP contribution in [0.2, 0.25) is 0 Å². The highest BCUT2D eigenvalue weighted by Crippen LogP contribution is 2.21. The van der Waals surface area contributed by atoms with E-state index in [9.17, 15) is 0 Å². The molecule has 0 aromatic rings. The molecule has 1 saturated heterocycles. The molecule has 0 saturated carbocycles. The van der Waals surface area contributed by atoms with Crippen LogP contribution < -0.4 is 0 Å². The Kier molecular flexibility index (Phi) is 2.55. The minimum atomic E-state index is 0.866. The molecule has 0 amide bonds. The summed E-state index contributed by atoms with van der Waals surface area (Å²) in [4.78, 5) is 0. The van der Waals surface area contributed by atoms with Crippen LogP contribution in [0.5, 0.6) is 0 Å². The highest BCUT2D eigenvalue weighted by Gasteiger charge is 2.08. The van der Waals surface area contributed by atoms with Gasteiger partial charge in [-0.3, -0.25) is 0 Å². The molecule has 1 rings (SSSR count). The van der Waals surface area contributed by atoms with Crippen molar-refractivity contribution in [3.63, 3.8) is 0 Å². The van der Waals surface area contributed by atoms with Crippen molar-refractivity contribution in [2.75, 3.05) is 6.61 Å². The molecular weight excluding hydrogens is 124 g/mol. The van der Waals surface area contributed by atoms with Crippen LogP contribution in [0.4, 0.5) is 0 Å². The smallest absolute Gasteiger partial charge is 0.117 e. The zero-order chi connectivity index (χ0) is 7.40. The zero-order valence-electron chi connectivity index (χ0n) is 6.52. The molecule has 1 nitrogen and oxygen atoms in total. The van der Waals surface area contributed by atoms with Crippen LogP contribution in [-0.4, -0.2) is 6.61 Å². The number of rotatable bonds is 1. The summed E-state index contributed by atoms with van der Waals surface area (Å²) >= 11 is 0. The summed E-state index contributed by atoms with van der Waals surface area (Å²) in [5.74, 6) is 1.02. The van der Waals surface area contributed by atoms with Gasteiger partial charge in [0.15, 0.2) is 0 Å². The zero-order valence-corrected chi connectivity index (χ0v) is 6.52. The van der Waals surface area contributed by atoms with Crippen LogP contribution in [0.1, 0.15) is 26.2 Å². The maximum Gasteiger partial charge on any atom is 0.117 e. The average Bonchev–Trinajstić information content (AvgIpc) is 1.94. The van der Waals surface area contributed by atoms with Crippen molar-refractivity contribution in [1.82, 2.24) is 0 Å². The Morgan fingerprint density at radius 3 is 3.10 bits per heavy atom. The molecule has 0 atom stereocenters. The molecule has 0 aromatic heterocycles.